The Bertz CT molecular complexity index is 484. The number of H-pyrrole nitrogens is 1. The number of hydrogen-bond acceptors (Lipinski definition) is 3. The second-order valence-electron chi connectivity index (χ2n) is 2.96. The molecule has 2 amide bonds. The van der Waals surface area contributed by atoms with Crippen molar-refractivity contribution < 1.29 is 9.18 Å². The van der Waals surface area contributed by atoms with Gasteiger partial charge in [0.15, 0.2) is 0 Å². The number of carbonyl (C=O) groups excluding carboxylic acids is 1. The van der Waals surface area contributed by atoms with Gasteiger partial charge in [-0.15, -0.1) is 0 Å². The number of aromatic amines is 1. The molecule has 0 aliphatic carbocycles. The molecular weight excluding hydrogens is 213 g/mol. The third-order valence-electron chi connectivity index (χ3n) is 1.72. The van der Waals surface area contributed by atoms with Crippen molar-refractivity contribution in [2.45, 2.75) is 0 Å². The number of urea groups is 1. The molecule has 0 bridgehead atoms. The van der Waals surface area contributed by atoms with Gasteiger partial charge in [0.05, 0.1) is 30.0 Å². The van der Waals surface area contributed by atoms with Crippen LogP contribution in [0.1, 0.15) is 0 Å². The van der Waals surface area contributed by atoms with Crippen LogP contribution in [-0.4, -0.2) is 21.2 Å². The lowest BCUT2D eigenvalue weighted by atomic mass is 10.4. The highest BCUT2D eigenvalue weighted by Gasteiger charge is 2.03. The summed E-state index contributed by atoms with van der Waals surface area (Å²) in [5.74, 6) is -0.513. The number of amides is 2. The Morgan fingerprint density at radius 3 is 2.75 bits per heavy atom. The minimum Gasteiger partial charge on any atom is -0.306 e. The molecule has 0 saturated heterocycles. The van der Waals surface area contributed by atoms with Gasteiger partial charge in [-0.3, -0.25) is 10.1 Å². The average Bonchev–Trinajstić information content (AvgIpc) is 2.70. The molecule has 0 aromatic carbocycles. The Hall–Kier alpha value is -2.44. The molecular formula is C9H8FN5O. The largest absolute Gasteiger partial charge is 0.323 e. The molecule has 7 heteroatoms. The monoisotopic (exact) mass is 221 g/mol. The van der Waals surface area contributed by atoms with Crippen molar-refractivity contribution in [2.75, 3.05) is 10.6 Å². The summed E-state index contributed by atoms with van der Waals surface area (Å²) in [6.07, 6.45) is 5.37. The van der Waals surface area contributed by atoms with Crippen molar-refractivity contribution in [3.05, 3.63) is 36.7 Å². The van der Waals surface area contributed by atoms with E-state index in [2.05, 4.69) is 25.8 Å². The molecule has 2 rings (SSSR count). The zero-order chi connectivity index (χ0) is 11.4. The summed E-state index contributed by atoms with van der Waals surface area (Å²) in [5.41, 5.74) is 0.794. The van der Waals surface area contributed by atoms with E-state index < -0.39 is 11.8 Å². The molecule has 0 atom stereocenters. The van der Waals surface area contributed by atoms with Gasteiger partial charge in [-0.2, -0.15) is 5.10 Å². The maximum absolute atomic E-state index is 12.7. The smallest absolute Gasteiger partial charge is 0.306 e. The van der Waals surface area contributed by atoms with E-state index in [-0.39, 0.29) is 5.69 Å². The predicted molar refractivity (Wildman–Crippen MR) is 55.4 cm³/mol. The van der Waals surface area contributed by atoms with Crippen LogP contribution < -0.4 is 10.6 Å². The van der Waals surface area contributed by atoms with Crippen LogP contribution >= 0.6 is 0 Å². The molecule has 2 heterocycles. The molecule has 6 nitrogen and oxygen atoms in total. The third kappa shape index (κ3) is 2.53. The lowest BCUT2D eigenvalue weighted by Gasteiger charge is -2.04. The third-order valence-corrected chi connectivity index (χ3v) is 1.72. The predicted octanol–water partition coefficient (Wildman–Crippen LogP) is 1.59. The minimum absolute atomic E-state index is 0.279. The number of rotatable bonds is 2. The fraction of sp³-hybridized carbons (Fsp3) is 0. The number of halogens is 1. The lowest BCUT2D eigenvalue weighted by Crippen LogP contribution is -2.19. The zero-order valence-corrected chi connectivity index (χ0v) is 8.07. The Balaban J connectivity index is 1.97. The Morgan fingerprint density at radius 1 is 1.25 bits per heavy atom. The SMILES string of the molecule is O=C(Nc1cn[nH]c1)Nc1cncc(F)c1. The van der Waals surface area contributed by atoms with Crippen molar-refractivity contribution in [3.63, 3.8) is 0 Å². The maximum atomic E-state index is 12.7. The number of carbonyl (C=O) groups is 1. The molecule has 16 heavy (non-hydrogen) atoms. The standard InChI is InChI=1S/C9H8FN5O/c10-6-1-7(3-11-2-6)14-9(16)15-8-4-12-13-5-8/h1-5H,(H,12,13)(H2,14,15,16). The Kier molecular flexibility index (Phi) is 2.77. The van der Waals surface area contributed by atoms with Crippen LogP contribution in [0, 0.1) is 5.82 Å². The van der Waals surface area contributed by atoms with E-state index in [0.29, 0.717) is 5.69 Å². The van der Waals surface area contributed by atoms with Gasteiger partial charge in [0.25, 0.3) is 0 Å². The van der Waals surface area contributed by atoms with Gasteiger partial charge in [0.1, 0.15) is 5.82 Å². The Labute approximate surface area is 89.9 Å². The highest BCUT2D eigenvalue weighted by molar-refractivity contribution is 5.99. The second-order valence-corrected chi connectivity index (χ2v) is 2.96. The fourth-order valence-corrected chi connectivity index (χ4v) is 1.09. The number of nitrogens with zero attached hydrogens (tertiary/aromatic N) is 2. The summed E-state index contributed by atoms with van der Waals surface area (Å²) in [6.45, 7) is 0. The molecule has 2 aromatic rings. The molecule has 0 fully saturated rings. The molecule has 0 saturated carbocycles. The first kappa shape index (κ1) is 10.1. The van der Waals surface area contributed by atoms with Crippen LogP contribution in [0.25, 0.3) is 0 Å². The van der Waals surface area contributed by atoms with Crippen LogP contribution in [0.3, 0.4) is 0 Å². The van der Waals surface area contributed by atoms with E-state index in [1.54, 1.807) is 0 Å². The van der Waals surface area contributed by atoms with Crippen molar-refractivity contribution in [3.8, 4) is 0 Å². The average molecular weight is 221 g/mol. The summed E-state index contributed by atoms with van der Waals surface area (Å²) in [6, 6.07) is 0.677. The van der Waals surface area contributed by atoms with Crippen LogP contribution in [0.15, 0.2) is 30.9 Å². The van der Waals surface area contributed by atoms with Crippen molar-refractivity contribution >= 4 is 17.4 Å². The van der Waals surface area contributed by atoms with E-state index in [0.717, 1.165) is 6.20 Å². The maximum Gasteiger partial charge on any atom is 0.323 e. The number of pyridine rings is 1. The number of nitrogens with one attached hydrogen (secondary N) is 3. The quantitative estimate of drug-likeness (QED) is 0.720. The van der Waals surface area contributed by atoms with Gasteiger partial charge >= 0.3 is 6.03 Å². The molecule has 0 aliphatic heterocycles. The second kappa shape index (κ2) is 4.39. The number of aromatic nitrogens is 3. The topological polar surface area (TPSA) is 82.7 Å². The fourth-order valence-electron chi connectivity index (χ4n) is 1.09. The van der Waals surface area contributed by atoms with E-state index >= 15 is 0 Å². The van der Waals surface area contributed by atoms with Crippen LogP contribution in [-0.2, 0) is 0 Å². The normalized spacial score (nSPS) is 9.81. The number of anilines is 2. The molecule has 0 unspecified atom stereocenters. The van der Waals surface area contributed by atoms with Gasteiger partial charge in [0, 0.05) is 12.3 Å². The van der Waals surface area contributed by atoms with Crippen LogP contribution in [0.5, 0.6) is 0 Å². The minimum atomic E-state index is -0.513. The van der Waals surface area contributed by atoms with Gasteiger partial charge < -0.3 is 10.6 Å². The Morgan fingerprint density at radius 2 is 2.06 bits per heavy atom. The first-order valence-corrected chi connectivity index (χ1v) is 4.41. The van der Waals surface area contributed by atoms with Crippen LogP contribution in [0.2, 0.25) is 0 Å². The van der Waals surface area contributed by atoms with E-state index in [1.165, 1.54) is 24.7 Å². The molecule has 0 aliphatic rings. The first-order chi connectivity index (χ1) is 7.74. The summed E-state index contributed by atoms with van der Waals surface area (Å²) in [4.78, 5) is 15.0. The lowest BCUT2D eigenvalue weighted by molar-refractivity contribution is 0.262. The number of hydrogen-bond donors (Lipinski definition) is 3. The summed E-state index contributed by atoms with van der Waals surface area (Å²) < 4.78 is 12.7. The van der Waals surface area contributed by atoms with E-state index in [1.807, 2.05) is 0 Å². The molecule has 3 N–H and O–H groups in total. The zero-order valence-electron chi connectivity index (χ0n) is 8.07. The van der Waals surface area contributed by atoms with Gasteiger partial charge in [-0.1, -0.05) is 0 Å². The van der Waals surface area contributed by atoms with Crippen molar-refractivity contribution in [2.24, 2.45) is 0 Å². The van der Waals surface area contributed by atoms with Crippen molar-refractivity contribution in [1.82, 2.24) is 15.2 Å². The molecule has 2 aromatic heterocycles. The van der Waals surface area contributed by atoms with Crippen molar-refractivity contribution in [1.29, 1.82) is 0 Å². The van der Waals surface area contributed by atoms with E-state index in [9.17, 15) is 9.18 Å². The van der Waals surface area contributed by atoms with Gasteiger partial charge in [0.2, 0.25) is 0 Å². The molecule has 0 spiro atoms. The van der Waals surface area contributed by atoms with Crippen LogP contribution in [0.4, 0.5) is 20.6 Å². The first-order valence-electron chi connectivity index (χ1n) is 4.41. The summed E-state index contributed by atoms with van der Waals surface area (Å²) in [5, 5.41) is 11.1. The highest BCUT2D eigenvalue weighted by Crippen LogP contribution is 2.08. The molecule has 82 valence electrons. The summed E-state index contributed by atoms with van der Waals surface area (Å²) >= 11 is 0. The highest BCUT2D eigenvalue weighted by atomic mass is 19.1. The summed E-state index contributed by atoms with van der Waals surface area (Å²) in [7, 11) is 0. The van der Waals surface area contributed by atoms with Gasteiger partial charge in [-0.05, 0) is 0 Å². The van der Waals surface area contributed by atoms with Gasteiger partial charge in [-0.25, -0.2) is 9.18 Å². The van der Waals surface area contributed by atoms with E-state index in [4.69, 9.17) is 0 Å². The molecule has 0 radical (unpaired) electrons.